The normalized spacial score (nSPS) is 13.7. The predicted molar refractivity (Wildman–Crippen MR) is 172 cm³/mol. The van der Waals surface area contributed by atoms with Gasteiger partial charge in [0.25, 0.3) is 0 Å². The van der Waals surface area contributed by atoms with Crippen LogP contribution in [-0.2, 0) is 20.9 Å². The van der Waals surface area contributed by atoms with Gasteiger partial charge in [-0.1, -0.05) is 44.2 Å². The number of carbonyl (C=O) groups is 4. The van der Waals surface area contributed by atoms with Crippen LogP contribution in [-0.4, -0.2) is 40.6 Å². The minimum Gasteiger partial charge on any atom is -0.434 e. The van der Waals surface area contributed by atoms with Crippen molar-refractivity contribution in [1.29, 1.82) is 0 Å². The molecule has 45 heavy (non-hydrogen) atoms. The largest absolute Gasteiger partial charge is 0.513 e. The summed E-state index contributed by atoms with van der Waals surface area (Å²) in [5.41, 5.74) is 3.50. The average Bonchev–Trinajstić information content (AvgIpc) is 3.67. The summed E-state index contributed by atoms with van der Waals surface area (Å²) in [6, 6.07) is 17.5. The van der Waals surface area contributed by atoms with Gasteiger partial charge in [-0.15, -0.1) is 0 Å². The number of hydrogen-bond donors (Lipinski definition) is 0. The van der Waals surface area contributed by atoms with Gasteiger partial charge in [0.1, 0.15) is 11.5 Å². The Morgan fingerprint density at radius 3 is 2.09 bits per heavy atom. The number of fused-ring (bicyclic) bond motifs is 3. The second-order valence-electron chi connectivity index (χ2n) is 11.4. The molecule has 4 aromatic rings. The summed E-state index contributed by atoms with van der Waals surface area (Å²) < 4.78 is 12.4. The Morgan fingerprint density at radius 2 is 1.47 bits per heavy atom. The number of unbranched alkanes of at least 4 members (excludes halogenated alkanes) is 1. The predicted octanol–water partition coefficient (Wildman–Crippen LogP) is 8.04. The van der Waals surface area contributed by atoms with Crippen molar-refractivity contribution < 1.29 is 33.5 Å². The van der Waals surface area contributed by atoms with E-state index in [0.29, 0.717) is 42.2 Å². The summed E-state index contributed by atoms with van der Waals surface area (Å²) >= 11 is 0. The summed E-state index contributed by atoms with van der Waals surface area (Å²) in [5.74, 6) is -0.409. The molecule has 1 fully saturated rings. The number of ether oxygens (including phenoxy) is 2. The fourth-order valence-corrected chi connectivity index (χ4v) is 5.94. The van der Waals surface area contributed by atoms with Gasteiger partial charge in [0.05, 0.1) is 6.61 Å². The summed E-state index contributed by atoms with van der Waals surface area (Å²) in [6.07, 6.45) is 5.63. The highest BCUT2D eigenvalue weighted by Crippen LogP contribution is 2.33. The number of oxime groups is 1. The van der Waals surface area contributed by atoms with E-state index in [0.717, 1.165) is 60.3 Å². The van der Waals surface area contributed by atoms with Gasteiger partial charge in [-0.2, -0.15) is 0 Å². The molecule has 9 nitrogen and oxygen atoms in total. The lowest BCUT2D eigenvalue weighted by Crippen LogP contribution is -2.19. The molecule has 0 atom stereocenters. The molecule has 0 aliphatic heterocycles. The molecular weight excluding hydrogens is 572 g/mol. The summed E-state index contributed by atoms with van der Waals surface area (Å²) in [6.45, 7) is 6.30. The molecule has 9 heteroatoms. The van der Waals surface area contributed by atoms with Gasteiger partial charge in [-0.05, 0) is 86.3 Å². The van der Waals surface area contributed by atoms with Crippen LogP contribution in [0.3, 0.4) is 0 Å². The van der Waals surface area contributed by atoms with Crippen molar-refractivity contribution >= 4 is 51.2 Å². The first-order valence-electron chi connectivity index (χ1n) is 15.6. The van der Waals surface area contributed by atoms with E-state index in [-0.39, 0.29) is 23.0 Å². The molecule has 0 saturated heterocycles. The van der Waals surface area contributed by atoms with Crippen molar-refractivity contribution in [3.05, 3.63) is 77.4 Å². The van der Waals surface area contributed by atoms with E-state index < -0.39 is 12.1 Å². The van der Waals surface area contributed by atoms with Crippen molar-refractivity contribution in [2.75, 3.05) is 6.61 Å². The Balaban J connectivity index is 1.44. The second kappa shape index (κ2) is 14.3. The molecule has 1 heterocycles. The Hall–Kier alpha value is -4.79. The van der Waals surface area contributed by atoms with Crippen LogP contribution >= 0.6 is 0 Å². The zero-order chi connectivity index (χ0) is 31.9. The highest BCUT2D eigenvalue weighted by molar-refractivity contribution is 6.46. The highest BCUT2D eigenvalue weighted by atomic mass is 16.7. The maximum absolute atomic E-state index is 13.7. The van der Waals surface area contributed by atoms with E-state index >= 15 is 0 Å². The van der Waals surface area contributed by atoms with Gasteiger partial charge >= 0.3 is 12.1 Å². The molecule has 5 rings (SSSR count). The van der Waals surface area contributed by atoms with Crippen LogP contribution in [0, 0.1) is 5.92 Å². The van der Waals surface area contributed by atoms with Crippen molar-refractivity contribution in [1.82, 2.24) is 4.57 Å². The van der Waals surface area contributed by atoms with Crippen LogP contribution in [0.25, 0.3) is 21.8 Å². The number of ketones is 2. The van der Waals surface area contributed by atoms with Crippen LogP contribution in [0.2, 0.25) is 0 Å². The molecule has 0 unspecified atom stereocenters. The molecule has 0 bridgehead atoms. The van der Waals surface area contributed by atoms with E-state index in [4.69, 9.17) is 14.3 Å². The fraction of sp³-hybridized carbons (Fsp3) is 0.361. The minimum absolute atomic E-state index is 0.189. The Bertz CT molecular complexity index is 1760. The molecule has 1 aliphatic rings. The fourth-order valence-electron chi connectivity index (χ4n) is 5.94. The monoisotopic (exact) mass is 610 g/mol. The molecule has 0 spiro atoms. The number of aromatic nitrogens is 1. The number of rotatable bonds is 12. The lowest BCUT2D eigenvalue weighted by Gasteiger charge is -2.11. The molecule has 1 aliphatic carbocycles. The molecule has 0 amide bonds. The maximum Gasteiger partial charge on any atom is 0.513 e. The molecule has 234 valence electrons. The summed E-state index contributed by atoms with van der Waals surface area (Å²) in [5, 5.41) is 5.65. The number of Topliss-reactive ketones (excluding diaryl/α,β-unsaturated/α-hetero) is 1. The van der Waals surface area contributed by atoms with Crippen molar-refractivity contribution in [2.45, 2.75) is 72.3 Å². The van der Waals surface area contributed by atoms with Crippen LogP contribution in [0.4, 0.5) is 4.79 Å². The van der Waals surface area contributed by atoms with E-state index in [1.165, 1.54) is 6.92 Å². The summed E-state index contributed by atoms with van der Waals surface area (Å²) in [4.78, 5) is 55.5. The topological polar surface area (TPSA) is 113 Å². The van der Waals surface area contributed by atoms with Crippen molar-refractivity contribution in [3.8, 4) is 5.75 Å². The van der Waals surface area contributed by atoms with E-state index in [2.05, 4.69) is 9.72 Å². The van der Waals surface area contributed by atoms with Gasteiger partial charge in [0.15, 0.2) is 5.78 Å². The number of nitrogens with zero attached hydrogens (tertiary/aromatic N) is 2. The number of benzene rings is 3. The van der Waals surface area contributed by atoms with Gasteiger partial charge < -0.3 is 18.9 Å². The van der Waals surface area contributed by atoms with Gasteiger partial charge in [0, 0.05) is 52.0 Å². The van der Waals surface area contributed by atoms with E-state index in [9.17, 15) is 19.2 Å². The number of hydrogen-bond acceptors (Lipinski definition) is 8. The van der Waals surface area contributed by atoms with Crippen molar-refractivity contribution in [3.63, 3.8) is 0 Å². The standard InChI is InChI=1S/C36H38N2O7/c1-4-6-19-43-36(42)44-28-15-11-25(12-16-28)34(40)26-13-17-32-29(21-26)30-22-27(14-18-33(30)38(32)5-2)35(41)31(37-45-23(3)39)20-24-9-7-8-10-24/h11-18,21-22,24H,4-10,19-20H2,1-3H3/b37-31+. The van der Waals surface area contributed by atoms with Crippen molar-refractivity contribution in [2.24, 2.45) is 11.1 Å². The second-order valence-corrected chi connectivity index (χ2v) is 11.4. The third-order valence-corrected chi connectivity index (χ3v) is 8.24. The molecule has 0 N–H and O–H groups in total. The lowest BCUT2D eigenvalue weighted by atomic mass is 9.95. The van der Waals surface area contributed by atoms with Crippen LogP contribution in [0.5, 0.6) is 5.75 Å². The smallest absolute Gasteiger partial charge is 0.434 e. The molecular formula is C36H38N2O7. The van der Waals surface area contributed by atoms with Gasteiger partial charge in [-0.3, -0.25) is 9.59 Å². The number of carbonyl (C=O) groups excluding carboxylic acids is 4. The van der Waals surface area contributed by atoms with Gasteiger partial charge in [-0.25, -0.2) is 9.59 Å². The SMILES string of the molecule is CCCCOC(=O)Oc1ccc(C(=O)c2ccc3c(c2)c2cc(C(=O)/C(CC4CCCC4)=N/OC(C)=O)ccc2n3CC)cc1. The van der Waals surface area contributed by atoms with Crippen LogP contribution in [0.1, 0.15) is 92.0 Å². The third-order valence-electron chi connectivity index (χ3n) is 8.24. The number of aryl methyl sites for hydroxylation is 1. The zero-order valence-electron chi connectivity index (χ0n) is 26.0. The average molecular weight is 611 g/mol. The summed E-state index contributed by atoms with van der Waals surface area (Å²) in [7, 11) is 0. The third kappa shape index (κ3) is 7.30. The van der Waals surface area contributed by atoms with Gasteiger partial charge in [0.2, 0.25) is 5.78 Å². The lowest BCUT2D eigenvalue weighted by molar-refractivity contribution is -0.140. The Kier molecular flexibility index (Phi) is 10.1. The molecule has 1 aromatic heterocycles. The maximum atomic E-state index is 13.7. The highest BCUT2D eigenvalue weighted by Gasteiger charge is 2.24. The molecule has 1 saturated carbocycles. The first-order valence-corrected chi connectivity index (χ1v) is 15.6. The van der Waals surface area contributed by atoms with E-state index in [1.54, 1.807) is 36.4 Å². The zero-order valence-corrected chi connectivity index (χ0v) is 26.0. The van der Waals surface area contributed by atoms with E-state index in [1.807, 2.05) is 38.1 Å². The van der Waals surface area contributed by atoms with Crippen LogP contribution < -0.4 is 4.74 Å². The minimum atomic E-state index is -0.776. The first-order chi connectivity index (χ1) is 21.8. The quantitative estimate of drug-likeness (QED) is 0.0303. The molecule has 0 radical (unpaired) electrons. The van der Waals surface area contributed by atoms with Crippen LogP contribution in [0.15, 0.2) is 65.8 Å². The Labute approximate surface area is 262 Å². The Morgan fingerprint density at radius 1 is 0.844 bits per heavy atom. The first kappa shape index (κ1) is 31.6. The molecule has 3 aromatic carbocycles.